The van der Waals surface area contributed by atoms with E-state index in [0.717, 1.165) is 5.92 Å². The third kappa shape index (κ3) is 5.07. The van der Waals surface area contributed by atoms with Crippen LogP contribution in [0.25, 0.3) is 0 Å². The standard InChI is InChI=1S/C14H27NO2/c1-4-6-12-7-5-8-13(10-9-12)15-11(2)14(16)17-3/h11-13,15H,4-10H2,1-3H3. The van der Waals surface area contributed by atoms with E-state index < -0.39 is 0 Å². The molecule has 1 fully saturated rings. The number of carbonyl (C=O) groups excluding carboxylic acids is 1. The summed E-state index contributed by atoms with van der Waals surface area (Å²) < 4.78 is 4.74. The van der Waals surface area contributed by atoms with Crippen molar-refractivity contribution in [2.45, 2.75) is 70.9 Å². The van der Waals surface area contributed by atoms with E-state index >= 15 is 0 Å². The third-order valence-corrected chi connectivity index (χ3v) is 3.83. The van der Waals surface area contributed by atoms with E-state index in [2.05, 4.69) is 12.2 Å². The first-order valence-electron chi connectivity index (χ1n) is 7.01. The second-order valence-corrected chi connectivity index (χ2v) is 5.27. The van der Waals surface area contributed by atoms with Crippen LogP contribution in [0.2, 0.25) is 0 Å². The fourth-order valence-electron chi connectivity index (χ4n) is 2.84. The fourth-order valence-corrected chi connectivity index (χ4v) is 2.84. The zero-order valence-electron chi connectivity index (χ0n) is 11.5. The molecule has 1 aliphatic rings. The van der Waals surface area contributed by atoms with Gasteiger partial charge < -0.3 is 10.1 Å². The van der Waals surface area contributed by atoms with Gasteiger partial charge in [0.05, 0.1) is 7.11 Å². The first-order valence-corrected chi connectivity index (χ1v) is 7.01. The van der Waals surface area contributed by atoms with Gasteiger partial charge in [0.25, 0.3) is 0 Å². The summed E-state index contributed by atoms with van der Waals surface area (Å²) in [7, 11) is 1.45. The fraction of sp³-hybridized carbons (Fsp3) is 0.929. The van der Waals surface area contributed by atoms with Crippen LogP contribution in [0.1, 0.15) is 58.8 Å². The van der Waals surface area contributed by atoms with Gasteiger partial charge in [-0.25, -0.2) is 0 Å². The van der Waals surface area contributed by atoms with Crippen molar-refractivity contribution in [3.63, 3.8) is 0 Å². The van der Waals surface area contributed by atoms with Crippen molar-refractivity contribution in [2.75, 3.05) is 7.11 Å². The van der Waals surface area contributed by atoms with Gasteiger partial charge in [-0.2, -0.15) is 0 Å². The molecule has 3 atom stereocenters. The number of hydrogen-bond donors (Lipinski definition) is 1. The van der Waals surface area contributed by atoms with Crippen molar-refractivity contribution in [1.29, 1.82) is 0 Å². The van der Waals surface area contributed by atoms with E-state index in [1.54, 1.807) is 0 Å². The van der Waals surface area contributed by atoms with Crippen LogP contribution in [-0.4, -0.2) is 25.2 Å². The minimum atomic E-state index is -0.173. The Morgan fingerprint density at radius 2 is 2.12 bits per heavy atom. The first kappa shape index (κ1) is 14.5. The Labute approximate surface area is 105 Å². The molecule has 0 aliphatic heterocycles. The summed E-state index contributed by atoms with van der Waals surface area (Å²) in [6.45, 7) is 4.15. The number of ether oxygens (including phenoxy) is 1. The van der Waals surface area contributed by atoms with E-state index in [1.807, 2.05) is 6.92 Å². The lowest BCUT2D eigenvalue weighted by molar-refractivity contribution is -0.142. The average molecular weight is 241 g/mol. The quantitative estimate of drug-likeness (QED) is 0.594. The van der Waals surface area contributed by atoms with Crippen LogP contribution >= 0.6 is 0 Å². The molecular weight excluding hydrogens is 214 g/mol. The molecule has 1 rings (SSSR count). The summed E-state index contributed by atoms with van der Waals surface area (Å²) in [6.07, 6.45) is 9.00. The smallest absolute Gasteiger partial charge is 0.322 e. The zero-order chi connectivity index (χ0) is 12.7. The van der Waals surface area contributed by atoms with Gasteiger partial charge in [-0.05, 0) is 32.1 Å². The summed E-state index contributed by atoms with van der Waals surface area (Å²) in [6, 6.07) is 0.318. The van der Waals surface area contributed by atoms with Crippen LogP contribution in [0.3, 0.4) is 0 Å². The summed E-state index contributed by atoms with van der Waals surface area (Å²) in [5.41, 5.74) is 0. The number of carbonyl (C=O) groups is 1. The molecule has 0 amide bonds. The molecule has 3 heteroatoms. The van der Waals surface area contributed by atoms with E-state index in [4.69, 9.17) is 4.74 Å². The second-order valence-electron chi connectivity index (χ2n) is 5.27. The molecule has 1 aliphatic carbocycles. The van der Waals surface area contributed by atoms with Gasteiger partial charge in [0.2, 0.25) is 0 Å². The molecule has 0 saturated heterocycles. The molecule has 3 unspecified atom stereocenters. The average Bonchev–Trinajstić information content (AvgIpc) is 2.54. The highest BCUT2D eigenvalue weighted by Crippen LogP contribution is 2.26. The van der Waals surface area contributed by atoms with Crippen LogP contribution in [0.5, 0.6) is 0 Å². The molecule has 0 aromatic carbocycles. The summed E-state index contributed by atoms with van der Waals surface area (Å²) in [5.74, 6) is 0.750. The Bertz CT molecular complexity index is 230. The van der Waals surface area contributed by atoms with Gasteiger partial charge in [-0.3, -0.25) is 4.79 Å². The molecule has 0 radical (unpaired) electrons. The number of esters is 1. The maximum absolute atomic E-state index is 11.4. The van der Waals surface area contributed by atoms with Gasteiger partial charge in [0.15, 0.2) is 0 Å². The van der Waals surface area contributed by atoms with Crippen molar-refractivity contribution < 1.29 is 9.53 Å². The predicted molar refractivity (Wildman–Crippen MR) is 69.9 cm³/mol. The highest BCUT2D eigenvalue weighted by molar-refractivity contribution is 5.75. The topological polar surface area (TPSA) is 38.3 Å². The van der Waals surface area contributed by atoms with Crippen molar-refractivity contribution >= 4 is 5.97 Å². The van der Waals surface area contributed by atoms with Crippen molar-refractivity contribution in [2.24, 2.45) is 5.92 Å². The van der Waals surface area contributed by atoms with E-state index in [1.165, 1.54) is 52.1 Å². The Balaban J connectivity index is 2.33. The van der Waals surface area contributed by atoms with Crippen LogP contribution < -0.4 is 5.32 Å². The highest BCUT2D eigenvalue weighted by atomic mass is 16.5. The maximum atomic E-state index is 11.4. The Kier molecular flexibility index (Phi) is 6.56. The molecule has 0 spiro atoms. The zero-order valence-corrected chi connectivity index (χ0v) is 11.5. The molecular formula is C14H27NO2. The molecule has 0 aromatic heterocycles. The van der Waals surface area contributed by atoms with Crippen molar-refractivity contribution in [1.82, 2.24) is 5.32 Å². The summed E-state index contributed by atoms with van der Waals surface area (Å²) in [4.78, 5) is 11.4. The van der Waals surface area contributed by atoms with Crippen LogP contribution in [-0.2, 0) is 9.53 Å². The van der Waals surface area contributed by atoms with Crippen LogP contribution in [0.4, 0.5) is 0 Å². The van der Waals surface area contributed by atoms with E-state index in [0.29, 0.717) is 6.04 Å². The highest BCUT2D eigenvalue weighted by Gasteiger charge is 2.22. The molecule has 1 N–H and O–H groups in total. The molecule has 1 saturated carbocycles. The minimum Gasteiger partial charge on any atom is -0.468 e. The number of hydrogen-bond acceptors (Lipinski definition) is 3. The third-order valence-electron chi connectivity index (χ3n) is 3.83. The van der Waals surface area contributed by atoms with Crippen LogP contribution in [0.15, 0.2) is 0 Å². The van der Waals surface area contributed by atoms with Crippen molar-refractivity contribution in [3.8, 4) is 0 Å². The number of nitrogens with one attached hydrogen (secondary N) is 1. The van der Waals surface area contributed by atoms with Crippen molar-refractivity contribution in [3.05, 3.63) is 0 Å². The number of rotatable bonds is 5. The van der Waals surface area contributed by atoms with Crippen LogP contribution in [0, 0.1) is 5.92 Å². The molecule has 17 heavy (non-hydrogen) atoms. The van der Waals surface area contributed by atoms with Gasteiger partial charge >= 0.3 is 5.97 Å². The van der Waals surface area contributed by atoms with Gasteiger partial charge in [0, 0.05) is 6.04 Å². The lowest BCUT2D eigenvalue weighted by Gasteiger charge is -2.20. The van der Waals surface area contributed by atoms with E-state index in [9.17, 15) is 4.79 Å². The second kappa shape index (κ2) is 7.70. The van der Waals surface area contributed by atoms with Gasteiger partial charge in [-0.15, -0.1) is 0 Å². The summed E-state index contributed by atoms with van der Waals surface area (Å²) >= 11 is 0. The first-order chi connectivity index (χ1) is 8.17. The molecule has 3 nitrogen and oxygen atoms in total. The monoisotopic (exact) mass is 241 g/mol. The Morgan fingerprint density at radius 3 is 2.76 bits per heavy atom. The minimum absolute atomic E-state index is 0.153. The molecule has 0 heterocycles. The lowest BCUT2D eigenvalue weighted by Crippen LogP contribution is -2.41. The molecule has 100 valence electrons. The van der Waals surface area contributed by atoms with Gasteiger partial charge in [0.1, 0.15) is 6.04 Å². The normalized spacial score (nSPS) is 27.2. The van der Waals surface area contributed by atoms with E-state index in [-0.39, 0.29) is 12.0 Å². The molecule has 0 aromatic rings. The Hall–Kier alpha value is -0.570. The molecule has 0 bridgehead atoms. The lowest BCUT2D eigenvalue weighted by atomic mass is 9.95. The number of methoxy groups -OCH3 is 1. The predicted octanol–water partition coefficient (Wildman–Crippen LogP) is 2.89. The Morgan fingerprint density at radius 1 is 1.35 bits per heavy atom. The van der Waals surface area contributed by atoms with Gasteiger partial charge in [-0.1, -0.05) is 32.6 Å². The maximum Gasteiger partial charge on any atom is 0.322 e. The largest absolute Gasteiger partial charge is 0.468 e. The SMILES string of the molecule is CCCC1CCCC(NC(C)C(=O)OC)CC1. The summed E-state index contributed by atoms with van der Waals surface area (Å²) in [5, 5.41) is 3.40.